The molecule has 1 unspecified atom stereocenters. The van der Waals surface area contributed by atoms with Crippen molar-refractivity contribution in [3.8, 4) is 5.75 Å². The SMILES string of the molecule is C/C=C1/COc2ccccc2C(O)/C1=C/CC.CC. The Bertz CT molecular complexity index is 458. The van der Waals surface area contributed by atoms with E-state index in [9.17, 15) is 5.11 Å². The lowest BCUT2D eigenvalue weighted by Crippen LogP contribution is -2.04. The van der Waals surface area contributed by atoms with E-state index in [1.807, 2.05) is 51.1 Å². The Morgan fingerprint density at radius 2 is 2.00 bits per heavy atom. The molecule has 0 aromatic heterocycles. The van der Waals surface area contributed by atoms with E-state index in [1.165, 1.54) is 0 Å². The molecule has 0 spiro atoms. The van der Waals surface area contributed by atoms with Crippen LogP contribution in [-0.2, 0) is 0 Å². The summed E-state index contributed by atoms with van der Waals surface area (Å²) < 4.78 is 5.73. The van der Waals surface area contributed by atoms with Gasteiger partial charge in [0.15, 0.2) is 0 Å². The molecule has 104 valence electrons. The maximum absolute atomic E-state index is 10.4. The fourth-order valence-corrected chi connectivity index (χ4v) is 2.13. The fraction of sp³-hybridized carbons (Fsp3) is 0.412. The monoisotopic (exact) mass is 260 g/mol. The van der Waals surface area contributed by atoms with E-state index < -0.39 is 6.10 Å². The maximum Gasteiger partial charge on any atom is 0.125 e. The molecule has 1 aromatic rings. The Morgan fingerprint density at radius 3 is 2.63 bits per heavy atom. The molecule has 0 saturated heterocycles. The van der Waals surface area contributed by atoms with Gasteiger partial charge in [0.05, 0.1) is 0 Å². The first-order valence-corrected chi connectivity index (χ1v) is 7.03. The Morgan fingerprint density at radius 1 is 1.32 bits per heavy atom. The lowest BCUT2D eigenvalue weighted by molar-refractivity contribution is 0.217. The third-order valence-corrected chi connectivity index (χ3v) is 3.03. The first-order chi connectivity index (χ1) is 9.27. The number of fused-ring (bicyclic) bond motifs is 1. The van der Waals surface area contributed by atoms with Crippen LogP contribution in [0.15, 0.2) is 47.6 Å². The second-order valence-electron chi connectivity index (χ2n) is 4.11. The largest absolute Gasteiger partial charge is 0.489 e. The highest BCUT2D eigenvalue weighted by Crippen LogP contribution is 2.36. The first kappa shape index (κ1) is 15.5. The van der Waals surface area contributed by atoms with Crippen LogP contribution >= 0.6 is 0 Å². The average molecular weight is 260 g/mol. The number of hydrogen-bond acceptors (Lipinski definition) is 2. The second-order valence-corrected chi connectivity index (χ2v) is 4.11. The Hall–Kier alpha value is -1.54. The zero-order chi connectivity index (χ0) is 14.3. The van der Waals surface area contributed by atoms with Crippen molar-refractivity contribution in [3.63, 3.8) is 0 Å². The van der Waals surface area contributed by atoms with Crippen molar-refractivity contribution in [1.82, 2.24) is 0 Å². The zero-order valence-electron chi connectivity index (χ0n) is 12.3. The summed E-state index contributed by atoms with van der Waals surface area (Å²) in [5, 5.41) is 10.4. The van der Waals surface area contributed by atoms with Crippen molar-refractivity contribution < 1.29 is 9.84 Å². The number of allylic oxidation sites excluding steroid dienone is 2. The van der Waals surface area contributed by atoms with E-state index >= 15 is 0 Å². The van der Waals surface area contributed by atoms with E-state index in [4.69, 9.17) is 4.74 Å². The third kappa shape index (κ3) is 3.48. The molecule has 1 aromatic carbocycles. The van der Waals surface area contributed by atoms with Crippen LogP contribution in [0.4, 0.5) is 0 Å². The molecule has 0 aliphatic carbocycles. The predicted molar refractivity (Wildman–Crippen MR) is 80.4 cm³/mol. The normalized spacial score (nSPS) is 22.1. The molecular formula is C17H24O2. The molecule has 0 fully saturated rings. The van der Waals surface area contributed by atoms with Gasteiger partial charge in [-0.2, -0.15) is 0 Å². The van der Waals surface area contributed by atoms with E-state index in [0.29, 0.717) is 6.61 Å². The summed E-state index contributed by atoms with van der Waals surface area (Å²) in [6.07, 6.45) is 4.41. The van der Waals surface area contributed by atoms with Gasteiger partial charge in [0.1, 0.15) is 18.5 Å². The van der Waals surface area contributed by atoms with Gasteiger partial charge in [0, 0.05) is 5.56 Å². The van der Waals surface area contributed by atoms with E-state index in [0.717, 1.165) is 28.9 Å². The maximum atomic E-state index is 10.4. The minimum Gasteiger partial charge on any atom is -0.489 e. The Kier molecular flexibility index (Phi) is 6.37. The van der Waals surface area contributed by atoms with Gasteiger partial charge in [0.2, 0.25) is 0 Å². The molecule has 0 bridgehead atoms. The van der Waals surface area contributed by atoms with Gasteiger partial charge in [-0.15, -0.1) is 0 Å². The lowest BCUT2D eigenvalue weighted by atomic mass is 9.95. The fourth-order valence-electron chi connectivity index (χ4n) is 2.13. The Balaban J connectivity index is 0.000000861. The minimum absolute atomic E-state index is 0.524. The van der Waals surface area contributed by atoms with Crippen LogP contribution in [0.25, 0.3) is 0 Å². The Labute approximate surface area is 116 Å². The molecule has 1 N–H and O–H groups in total. The van der Waals surface area contributed by atoms with Gasteiger partial charge in [-0.05, 0) is 30.6 Å². The van der Waals surface area contributed by atoms with Crippen LogP contribution in [0.2, 0.25) is 0 Å². The number of aliphatic hydroxyl groups is 1. The van der Waals surface area contributed by atoms with Crippen LogP contribution in [0.1, 0.15) is 45.8 Å². The van der Waals surface area contributed by atoms with Gasteiger partial charge in [0.25, 0.3) is 0 Å². The number of para-hydroxylation sites is 1. The van der Waals surface area contributed by atoms with Crippen LogP contribution < -0.4 is 4.74 Å². The molecule has 1 heterocycles. The molecule has 2 rings (SSSR count). The number of rotatable bonds is 1. The first-order valence-electron chi connectivity index (χ1n) is 7.03. The van der Waals surface area contributed by atoms with Crippen molar-refractivity contribution in [2.75, 3.05) is 6.61 Å². The molecule has 2 heteroatoms. The second kappa shape index (κ2) is 7.80. The molecule has 1 aliphatic heterocycles. The van der Waals surface area contributed by atoms with Gasteiger partial charge in [-0.3, -0.25) is 0 Å². The highest BCUT2D eigenvalue weighted by molar-refractivity contribution is 5.47. The van der Waals surface area contributed by atoms with Crippen LogP contribution in [-0.4, -0.2) is 11.7 Å². The van der Waals surface area contributed by atoms with E-state index in [-0.39, 0.29) is 0 Å². The molecule has 19 heavy (non-hydrogen) atoms. The van der Waals surface area contributed by atoms with Gasteiger partial charge in [-0.25, -0.2) is 0 Å². The standard InChI is InChI=1S/C15H18O2.C2H6/c1-3-7-12-11(4-2)10-17-14-9-6-5-8-13(14)15(12)16;1-2/h4-9,15-16H,3,10H2,1-2H3;1-2H3/b11-4-,12-7+;. The summed E-state index contributed by atoms with van der Waals surface area (Å²) in [5.74, 6) is 0.777. The topological polar surface area (TPSA) is 29.5 Å². The molecule has 0 saturated carbocycles. The van der Waals surface area contributed by atoms with Crippen molar-refractivity contribution in [2.45, 2.75) is 40.2 Å². The molecule has 0 amide bonds. The molecule has 1 atom stereocenters. The van der Waals surface area contributed by atoms with Crippen molar-refractivity contribution in [3.05, 3.63) is 53.1 Å². The minimum atomic E-state index is -0.583. The van der Waals surface area contributed by atoms with Crippen molar-refractivity contribution in [2.24, 2.45) is 0 Å². The van der Waals surface area contributed by atoms with Crippen molar-refractivity contribution in [1.29, 1.82) is 0 Å². The molecular weight excluding hydrogens is 236 g/mol. The van der Waals surface area contributed by atoms with Gasteiger partial charge in [-0.1, -0.05) is 51.1 Å². The number of ether oxygens (including phenoxy) is 1. The predicted octanol–water partition coefficient (Wildman–Crippen LogP) is 4.42. The highest BCUT2D eigenvalue weighted by Gasteiger charge is 2.23. The number of hydrogen-bond donors (Lipinski definition) is 1. The molecule has 0 radical (unpaired) electrons. The zero-order valence-corrected chi connectivity index (χ0v) is 12.3. The van der Waals surface area contributed by atoms with E-state index in [1.54, 1.807) is 0 Å². The number of aliphatic hydroxyl groups excluding tert-OH is 1. The van der Waals surface area contributed by atoms with Crippen molar-refractivity contribution >= 4 is 0 Å². The summed E-state index contributed by atoms with van der Waals surface area (Å²) in [5.41, 5.74) is 2.89. The molecule has 1 aliphatic rings. The summed E-state index contributed by atoms with van der Waals surface area (Å²) >= 11 is 0. The van der Waals surface area contributed by atoms with E-state index in [2.05, 4.69) is 13.0 Å². The average Bonchev–Trinajstić information content (AvgIpc) is 2.60. The number of benzene rings is 1. The summed E-state index contributed by atoms with van der Waals surface area (Å²) in [4.78, 5) is 0. The van der Waals surface area contributed by atoms with Gasteiger partial charge >= 0.3 is 0 Å². The molecule has 2 nitrogen and oxygen atoms in total. The van der Waals surface area contributed by atoms with Crippen LogP contribution in [0.5, 0.6) is 5.75 Å². The summed E-state index contributed by atoms with van der Waals surface area (Å²) in [7, 11) is 0. The van der Waals surface area contributed by atoms with Gasteiger partial charge < -0.3 is 9.84 Å². The quantitative estimate of drug-likeness (QED) is 0.810. The highest BCUT2D eigenvalue weighted by atomic mass is 16.5. The summed E-state index contributed by atoms with van der Waals surface area (Å²) in [6.45, 7) is 8.58. The smallest absolute Gasteiger partial charge is 0.125 e. The van der Waals surface area contributed by atoms with Crippen LogP contribution in [0, 0.1) is 0 Å². The van der Waals surface area contributed by atoms with Crippen LogP contribution in [0.3, 0.4) is 0 Å². The summed E-state index contributed by atoms with van der Waals surface area (Å²) in [6, 6.07) is 7.67. The third-order valence-electron chi connectivity index (χ3n) is 3.03. The lowest BCUT2D eigenvalue weighted by Gasteiger charge is -2.14.